The van der Waals surface area contributed by atoms with E-state index in [-0.39, 0.29) is 12.5 Å². The summed E-state index contributed by atoms with van der Waals surface area (Å²) in [6.07, 6.45) is 2.55. The predicted octanol–water partition coefficient (Wildman–Crippen LogP) is 2.51. The Balaban J connectivity index is 1.98. The van der Waals surface area contributed by atoms with E-state index in [2.05, 4.69) is 40.8 Å². The van der Waals surface area contributed by atoms with Gasteiger partial charge in [-0.25, -0.2) is 4.68 Å². The fraction of sp³-hybridized carbons (Fsp3) is 0.429. The van der Waals surface area contributed by atoms with Gasteiger partial charge < -0.3 is 5.32 Å². The number of tetrazole rings is 1. The van der Waals surface area contributed by atoms with Crippen molar-refractivity contribution in [1.82, 2.24) is 20.2 Å². The van der Waals surface area contributed by atoms with Crippen LogP contribution in [0.5, 0.6) is 0 Å². The first-order valence-corrected chi connectivity index (χ1v) is 7.74. The Bertz CT molecular complexity index is 599. The molecular weight excluding hydrogens is 286 g/mol. The minimum Gasteiger partial charge on any atom is -0.324 e. The lowest BCUT2D eigenvalue weighted by Gasteiger charge is -2.12. The van der Waals surface area contributed by atoms with E-state index < -0.39 is 0 Å². The van der Waals surface area contributed by atoms with E-state index in [4.69, 9.17) is 0 Å². The number of carbonyl (C=O) groups is 1. The molecule has 1 aromatic heterocycles. The molecule has 0 spiro atoms. The second-order valence-corrected chi connectivity index (χ2v) is 6.38. The Hall–Kier alpha value is -1.89. The molecule has 0 aliphatic heterocycles. The van der Waals surface area contributed by atoms with Crippen molar-refractivity contribution >= 4 is 23.4 Å². The lowest BCUT2D eigenvalue weighted by Crippen LogP contribution is -2.19. The van der Waals surface area contributed by atoms with Crippen LogP contribution in [-0.2, 0) is 11.3 Å². The highest BCUT2D eigenvalue weighted by atomic mass is 32.2. The number of aromatic nitrogens is 4. The second kappa shape index (κ2) is 7.21. The van der Waals surface area contributed by atoms with Crippen LogP contribution in [-0.4, -0.2) is 31.4 Å². The molecule has 0 saturated carbocycles. The number of rotatable bonds is 6. The van der Waals surface area contributed by atoms with Crippen molar-refractivity contribution in [3.8, 4) is 0 Å². The van der Waals surface area contributed by atoms with Gasteiger partial charge in [-0.15, -0.1) is 16.9 Å². The summed E-state index contributed by atoms with van der Waals surface area (Å²) < 4.78 is 1.39. The molecule has 0 radical (unpaired) electrons. The topological polar surface area (TPSA) is 72.7 Å². The van der Waals surface area contributed by atoms with Crippen molar-refractivity contribution in [2.45, 2.75) is 43.9 Å². The van der Waals surface area contributed by atoms with Crippen molar-refractivity contribution in [2.75, 3.05) is 5.32 Å². The zero-order valence-electron chi connectivity index (χ0n) is 12.4. The number of nitrogens with zero attached hydrogens (tertiary/aromatic N) is 4. The molecule has 2 aromatic rings. The third-order valence-electron chi connectivity index (χ3n) is 3.08. The number of nitrogens with one attached hydrogen (secondary N) is 1. The van der Waals surface area contributed by atoms with Crippen molar-refractivity contribution < 1.29 is 4.79 Å². The maximum absolute atomic E-state index is 11.9. The minimum absolute atomic E-state index is 0.107. The number of amides is 1. The van der Waals surface area contributed by atoms with Crippen LogP contribution in [0.25, 0.3) is 0 Å². The van der Waals surface area contributed by atoms with Crippen LogP contribution in [0.2, 0.25) is 0 Å². The molecule has 1 atom stereocenters. The number of hydrogen-bond donors (Lipinski definition) is 1. The summed E-state index contributed by atoms with van der Waals surface area (Å²) in [6.45, 7) is 6.49. The average Bonchev–Trinajstić information content (AvgIpc) is 2.94. The fourth-order valence-electron chi connectivity index (χ4n) is 1.75. The lowest BCUT2D eigenvalue weighted by molar-refractivity contribution is -0.116. The van der Waals surface area contributed by atoms with Crippen molar-refractivity contribution in [1.29, 1.82) is 0 Å². The number of thioether (sulfide) groups is 1. The Labute approximate surface area is 128 Å². The van der Waals surface area contributed by atoms with Gasteiger partial charge in [0.15, 0.2) is 0 Å². The zero-order chi connectivity index (χ0) is 15.2. The van der Waals surface area contributed by atoms with Gasteiger partial charge in [0.25, 0.3) is 0 Å². The summed E-state index contributed by atoms with van der Waals surface area (Å²) in [6, 6.07) is 6.08. The molecule has 1 heterocycles. The summed E-state index contributed by atoms with van der Waals surface area (Å²) in [4.78, 5) is 13.1. The quantitative estimate of drug-likeness (QED) is 0.830. The normalized spacial score (nSPS) is 12.1. The number of anilines is 1. The van der Waals surface area contributed by atoms with E-state index in [9.17, 15) is 4.79 Å². The zero-order valence-corrected chi connectivity index (χ0v) is 13.2. The first-order chi connectivity index (χ1) is 10.1. The maximum atomic E-state index is 11.9. The Morgan fingerprint density at radius 1 is 1.48 bits per heavy atom. The van der Waals surface area contributed by atoms with Crippen LogP contribution in [0.1, 0.15) is 25.8 Å². The smallest absolute Gasteiger partial charge is 0.246 e. The lowest BCUT2D eigenvalue weighted by atomic mass is 10.2. The molecule has 2 rings (SSSR count). The van der Waals surface area contributed by atoms with E-state index in [1.165, 1.54) is 15.9 Å². The molecule has 1 amide bonds. The molecule has 1 aromatic carbocycles. The first-order valence-electron chi connectivity index (χ1n) is 6.86. The van der Waals surface area contributed by atoms with Gasteiger partial charge in [-0.1, -0.05) is 13.8 Å². The van der Waals surface area contributed by atoms with E-state index >= 15 is 0 Å². The highest BCUT2D eigenvalue weighted by Gasteiger charge is 2.08. The average molecular weight is 305 g/mol. The molecule has 0 bridgehead atoms. The molecule has 21 heavy (non-hydrogen) atoms. The Morgan fingerprint density at radius 2 is 2.29 bits per heavy atom. The van der Waals surface area contributed by atoms with E-state index in [1.807, 2.05) is 30.8 Å². The maximum Gasteiger partial charge on any atom is 0.246 e. The molecule has 7 heteroatoms. The monoisotopic (exact) mass is 305 g/mol. The molecule has 1 unspecified atom stereocenters. The standard InChI is InChI=1S/C14H19N5OS/c1-4-11(3)21-12-5-6-13(10(2)7-12)16-14(20)8-19-9-15-17-18-19/h5-7,9,11H,4,8H2,1-3H3,(H,16,20). The van der Waals surface area contributed by atoms with Gasteiger partial charge in [-0.05, 0) is 47.5 Å². The van der Waals surface area contributed by atoms with Gasteiger partial charge in [0, 0.05) is 15.8 Å². The van der Waals surface area contributed by atoms with E-state index in [1.54, 1.807) is 0 Å². The van der Waals surface area contributed by atoms with E-state index in [0.717, 1.165) is 17.7 Å². The van der Waals surface area contributed by atoms with Crippen molar-refractivity contribution in [3.05, 3.63) is 30.1 Å². The SMILES string of the molecule is CCC(C)Sc1ccc(NC(=O)Cn2cnnn2)c(C)c1. The third kappa shape index (κ3) is 4.56. The highest BCUT2D eigenvalue weighted by Crippen LogP contribution is 2.28. The molecular formula is C14H19N5OS. The molecule has 1 N–H and O–H groups in total. The largest absolute Gasteiger partial charge is 0.324 e. The summed E-state index contributed by atoms with van der Waals surface area (Å²) in [5.74, 6) is -0.146. The number of carbonyl (C=O) groups excluding carboxylic acids is 1. The Kier molecular flexibility index (Phi) is 5.32. The predicted molar refractivity (Wildman–Crippen MR) is 83.2 cm³/mol. The van der Waals surface area contributed by atoms with Crippen molar-refractivity contribution in [3.63, 3.8) is 0 Å². The molecule has 0 aliphatic carbocycles. The number of hydrogen-bond acceptors (Lipinski definition) is 5. The number of benzene rings is 1. The Morgan fingerprint density at radius 3 is 2.90 bits per heavy atom. The summed E-state index contributed by atoms with van der Waals surface area (Å²) in [5.41, 5.74) is 1.87. The molecule has 112 valence electrons. The summed E-state index contributed by atoms with van der Waals surface area (Å²) in [5, 5.41) is 14.1. The fourth-order valence-corrected chi connectivity index (χ4v) is 2.78. The van der Waals surface area contributed by atoms with Gasteiger partial charge in [0.05, 0.1) is 0 Å². The molecule has 0 aliphatic rings. The molecule has 0 saturated heterocycles. The van der Waals surface area contributed by atoms with Gasteiger partial charge in [0.1, 0.15) is 12.9 Å². The van der Waals surface area contributed by atoms with Crippen molar-refractivity contribution in [2.24, 2.45) is 0 Å². The summed E-state index contributed by atoms with van der Waals surface area (Å²) in [7, 11) is 0. The first kappa shape index (κ1) is 15.5. The molecule has 6 nitrogen and oxygen atoms in total. The number of aryl methyl sites for hydroxylation is 1. The third-order valence-corrected chi connectivity index (χ3v) is 4.34. The van der Waals surface area contributed by atoms with E-state index in [0.29, 0.717) is 5.25 Å². The molecule has 0 fully saturated rings. The van der Waals surface area contributed by atoms with Crippen LogP contribution < -0.4 is 5.32 Å². The van der Waals surface area contributed by atoms with Crippen LogP contribution in [0, 0.1) is 6.92 Å². The van der Waals surface area contributed by atoms with Gasteiger partial charge >= 0.3 is 0 Å². The van der Waals surface area contributed by atoms with Crippen LogP contribution in [0.15, 0.2) is 29.4 Å². The van der Waals surface area contributed by atoms with Crippen LogP contribution in [0.3, 0.4) is 0 Å². The van der Waals surface area contributed by atoms with Crippen LogP contribution >= 0.6 is 11.8 Å². The van der Waals surface area contributed by atoms with Gasteiger partial charge in [0.2, 0.25) is 5.91 Å². The van der Waals surface area contributed by atoms with Crippen LogP contribution in [0.4, 0.5) is 5.69 Å². The highest BCUT2D eigenvalue weighted by molar-refractivity contribution is 7.99. The van der Waals surface area contributed by atoms with Gasteiger partial charge in [-0.2, -0.15) is 0 Å². The second-order valence-electron chi connectivity index (χ2n) is 4.87. The summed E-state index contributed by atoms with van der Waals surface area (Å²) >= 11 is 1.85. The minimum atomic E-state index is -0.146. The van der Waals surface area contributed by atoms with Gasteiger partial charge in [-0.3, -0.25) is 4.79 Å².